The fraction of sp³-hybridized carbons (Fsp3) is 0.125. The Morgan fingerprint density at radius 1 is 1.24 bits per heavy atom. The molecule has 3 nitrogen and oxygen atoms in total. The van der Waals surface area contributed by atoms with Gasteiger partial charge in [0.05, 0.1) is 26.4 Å². The van der Waals surface area contributed by atoms with E-state index in [0.717, 1.165) is 21.3 Å². The predicted octanol–water partition coefficient (Wildman–Crippen LogP) is 4.82. The van der Waals surface area contributed by atoms with Crippen molar-refractivity contribution in [3.8, 4) is 0 Å². The number of carbonyl (C=O) groups excluding carboxylic acids is 1. The summed E-state index contributed by atoms with van der Waals surface area (Å²) in [6.07, 6.45) is 0. The number of hydrogen-bond acceptors (Lipinski definition) is 3. The van der Waals surface area contributed by atoms with Gasteiger partial charge in [-0.3, -0.25) is 4.79 Å². The summed E-state index contributed by atoms with van der Waals surface area (Å²) in [5, 5.41) is 3.45. The number of thiazole rings is 1. The number of nitrogens with zero attached hydrogens (tertiary/aromatic N) is 1. The van der Waals surface area contributed by atoms with E-state index < -0.39 is 0 Å². The second kappa shape index (κ2) is 5.47. The molecule has 0 aliphatic rings. The lowest BCUT2D eigenvalue weighted by atomic mass is 10.1. The highest BCUT2D eigenvalue weighted by molar-refractivity contribution is 7.16. The molecule has 0 saturated carbocycles. The summed E-state index contributed by atoms with van der Waals surface area (Å²) >= 11 is 7.74. The Morgan fingerprint density at radius 3 is 2.81 bits per heavy atom. The van der Waals surface area contributed by atoms with Gasteiger partial charge >= 0.3 is 0 Å². The number of aryl methyl sites for hydroxylation is 2. The van der Waals surface area contributed by atoms with Gasteiger partial charge in [-0.15, -0.1) is 11.3 Å². The number of hydrogen-bond donors (Lipinski definition) is 1. The second-order valence-electron chi connectivity index (χ2n) is 4.93. The number of nitrogens with one attached hydrogen (secondary N) is 1. The number of amides is 1. The van der Waals surface area contributed by atoms with Gasteiger partial charge in [0.25, 0.3) is 5.91 Å². The second-order valence-corrected chi connectivity index (χ2v) is 6.22. The minimum Gasteiger partial charge on any atom is -0.320 e. The first kappa shape index (κ1) is 14.0. The van der Waals surface area contributed by atoms with E-state index in [1.807, 2.05) is 38.1 Å². The molecule has 0 aliphatic carbocycles. The van der Waals surface area contributed by atoms with Crippen LogP contribution in [-0.2, 0) is 0 Å². The summed E-state index contributed by atoms with van der Waals surface area (Å²) in [5.74, 6) is -0.167. The van der Waals surface area contributed by atoms with Crippen LogP contribution in [0.3, 0.4) is 0 Å². The maximum absolute atomic E-state index is 12.4. The number of halogens is 1. The first-order valence-corrected chi connectivity index (χ1v) is 7.72. The number of anilines is 1. The van der Waals surface area contributed by atoms with Crippen LogP contribution < -0.4 is 5.32 Å². The zero-order valence-electron chi connectivity index (χ0n) is 11.6. The molecular formula is C16H13ClN2OS. The van der Waals surface area contributed by atoms with Gasteiger partial charge in [0.2, 0.25) is 0 Å². The van der Waals surface area contributed by atoms with Gasteiger partial charge in [-0.2, -0.15) is 0 Å². The normalized spacial score (nSPS) is 10.8. The topological polar surface area (TPSA) is 42.0 Å². The van der Waals surface area contributed by atoms with Gasteiger partial charge in [0.1, 0.15) is 0 Å². The molecule has 1 heterocycles. The monoisotopic (exact) mass is 316 g/mol. The number of fused-ring (bicyclic) bond motifs is 1. The van der Waals surface area contributed by atoms with E-state index in [2.05, 4.69) is 10.3 Å². The van der Waals surface area contributed by atoms with Crippen molar-refractivity contribution in [2.24, 2.45) is 0 Å². The smallest absolute Gasteiger partial charge is 0.255 e. The molecule has 5 heteroatoms. The van der Waals surface area contributed by atoms with E-state index in [4.69, 9.17) is 11.6 Å². The van der Waals surface area contributed by atoms with E-state index in [9.17, 15) is 4.79 Å². The predicted molar refractivity (Wildman–Crippen MR) is 88.5 cm³/mol. The van der Waals surface area contributed by atoms with Crippen molar-refractivity contribution < 1.29 is 4.79 Å². The van der Waals surface area contributed by atoms with Crippen LogP contribution in [0.25, 0.3) is 10.2 Å². The Labute approximate surface area is 131 Å². The Bertz CT molecular complexity index is 818. The first-order valence-electron chi connectivity index (χ1n) is 6.46. The molecule has 3 rings (SSSR count). The molecule has 0 fully saturated rings. The van der Waals surface area contributed by atoms with E-state index in [0.29, 0.717) is 16.3 Å². The summed E-state index contributed by atoms with van der Waals surface area (Å²) in [6, 6.07) is 9.31. The van der Waals surface area contributed by atoms with E-state index >= 15 is 0 Å². The van der Waals surface area contributed by atoms with Crippen LogP contribution >= 0.6 is 22.9 Å². The van der Waals surface area contributed by atoms with Crippen molar-refractivity contribution in [2.45, 2.75) is 13.8 Å². The summed E-state index contributed by atoms with van der Waals surface area (Å²) in [7, 11) is 0. The Balaban J connectivity index is 1.92. The molecule has 0 unspecified atom stereocenters. The van der Waals surface area contributed by atoms with Crippen molar-refractivity contribution in [3.63, 3.8) is 0 Å². The summed E-state index contributed by atoms with van der Waals surface area (Å²) in [4.78, 5) is 16.6. The zero-order chi connectivity index (χ0) is 15.0. The Kier molecular flexibility index (Phi) is 3.66. The molecule has 1 aromatic heterocycles. The van der Waals surface area contributed by atoms with Gasteiger partial charge < -0.3 is 5.32 Å². The summed E-state index contributed by atoms with van der Waals surface area (Å²) < 4.78 is 0.995. The molecule has 106 valence electrons. The minimum atomic E-state index is -0.167. The number of aromatic nitrogens is 1. The van der Waals surface area contributed by atoms with Crippen LogP contribution in [0.2, 0.25) is 5.02 Å². The molecule has 0 spiro atoms. The maximum atomic E-state index is 12.4. The first-order chi connectivity index (χ1) is 10.0. The fourth-order valence-corrected chi connectivity index (χ4v) is 3.34. The molecule has 3 aromatic rings. The molecular weight excluding hydrogens is 304 g/mol. The molecule has 0 atom stereocenters. The molecule has 2 aromatic carbocycles. The van der Waals surface area contributed by atoms with Gasteiger partial charge in [0.15, 0.2) is 0 Å². The van der Waals surface area contributed by atoms with Crippen molar-refractivity contribution in [2.75, 3.05) is 5.32 Å². The maximum Gasteiger partial charge on any atom is 0.255 e. The van der Waals surface area contributed by atoms with Gasteiger partial charge in [-0.25, -0.2) is 4.98 Å². The minimum absolute atomic E-state index is 0.167. The third kappa shape index (κ3) is 2.77. The van der Waals surface area contributed by atoms with Crippen LogP contribution in [0.15, 0.2) is 35.8 Å². The highest BCUT2D eigenvalue weighted by atomic mass is 35.5. The fourth-order valence-electron chi connectivity index (χ4n) is 2.26. The molecule has 0 saturated heterocycles. The number of benzene rings is 2. The summed E-state index contributed by atoms with van der Waals surface area (Å²) in [6.45, 7) is 3.91. The lowest BCUT2D eigenvalue weighted by Gasteiger charge is -2.11. The Hall–Kier alpha value is -1.91. The summed E-state index contributed by atoms with van der Waals surface area (Å²) in [5.41, 5.74) is 5.96. The largest absolute Gasteiger partial charge is 0.320 e. The molecule has 1 amide bonds. The quantitative estimate of drug-likeness (QED) is 0.736. The van der Waals surface area contributed by atoms with Crippen molar-refractivity contribution in [1.82, 2.24) is 4.98 Å². The van der Waals surface area contributed by atoms with Crippen molar-refractivity contribution in [1.29, 1.82) is 0 Å². The highest BCUT2D eigenvalue weighted by Gasteiger charge is 2.12. The van der Waals surface area contributed by atoms with E-state index in [1.54, 1.807) is 11.6 Å². The zero-order valence-corrected chi connectivity index (χ0v) is 13.2. The van der Waals surface area contributed by atoms with Gasteiger partial charge in [-0.05, 0) is 49.2 Å². The van der Waals surface area contributed by atoms with E-state index in [1.165, 1.54) is 11.3 Å². The molecule has 1 N–H and O–H groups in total. The lowest BCUT2D eigenvalue weighted by Crippen LogP contribution is -2.13. The third-order valence-corrected chi connectivity index (χ3v) is 4.35. The highest BCUT2D eigenvalue weighted by Crippen LogP contribution is 2.28. The molecule has 0 radical (unpaired) electrons. The van der Waals surface area contributed by atoms with Crippen molar-refractivity contribution in [3.05, 3.63) is 57.6 Å². The van der Waals surface area contributed by atoms with Crippen LogP contribution in [-0.4, -0.2) is 10.9 Å². The van der Waals surface area contributed by atoms with Crippen molar-refractivity contribution >= 4 is 44.7 Å². The van der Waals surface area contributed by atoms with Crippen LogP contribution in [0.5, 0.6) is 0 Å². The number of carbonyl (C=O) groups is 1. The van der Waals surface area contributed by atoms with Gasteiger partial charge in [-0.1, -0.05) is 17.7 Å². The van der Waals surface area contributed by atoms with E-state index in [-0.39, 0.29) is 5.91 Å². The van der Waals surface area contributed by atoms with Gasteiger partial charge in [0, 0.05) is 5.56 Å². The average molecular weight is 317 g/mol. The average Bonchev–Trinajstić information content (AvgIpc) is 2.89. The molecule has 0 aliphatic heterocycles. The lowest BCUT2D eigenvalue weighted by molar-refractivity contribution is 0.102. The SMILES string of the molecule is Cc1cc(C)c(NC(=O)c2ccc3ncsc3c2)c(Cl)c1. The van der Waals surface area contributed by atoms with Crippen LogP contribution in [0, 0.1) is 13.8 Å². The molecule has 21 heavy (non-hydrogen) atoms. The Morgan fingerprint density at radius 2 is 2.05 bits per heavy atom. The molecule has 0 bridgehead atoms. The third-order valence-electron chi connectivity index (χ3n) is 3.26. The number of rotatable bonds is 2. The van der Waals surface area contributed by atoms with Crippen LogP contribution in [0.4, 0.5) is 5.69 Å². The van der Waals surface area contributed by atoms with Crippen LogP contribution in [0.1, 0.15) is 21.5 Å². The standard InChI is InChI=1S/C16H13ClN2OS/c1-9-5-10(2)15(12(17)6-9)19-16(20)11-3-4-13-14(7-11)21-8-18-13/h3-8H,1-2H3,(H,19,20).